The number of methoxy groups -OCH3 is 1. The second-order valence-corrected chi connectivity index (χ2v) is 4.59. The molecule has 0 spiro atoms. The molecule has 1 N–H and O–H groups in total. The van der Waals surface area contributed by atoms with E-state index in [0.29, 0.717) is 12.0 Å². The third-order valence-corrected chi connectivity index (χ3v) is 3.15. The van der Waals surface area contributed by atoms with Gasteiger partial charge in [-0.1, -0.05) is 42.5 Å². The van der Waals surface area contributed by atoms with E-state index >= 15 is 0 Å². The van der Waals surface area contributed by atoms with Crippen molar-refractivity contribution in [2.24, 2.45) is 5.18 Å². The molecular formula is C17H15NO4. The molecule has 0 radical (unpaired) electrons. The number of benzene rings is 2. The first kappa shape index (κ1) is 15.4. The molecule has 5 nitrogen and oxygen atoms in total. The van der Waals surface area contributed by atoms with Gasteiger partial charge in [-0.2, -0.15) is 0 Å². The molecule has 0 bridgehead atoms. The van der Waals surface area contributed by atoms with Crippen molar-refractivity contribution in [2.45, 2.75) is 6.42 Å². The van der Waals surface area contributed by atoms with Crippen LogP contribution in [0.15, 0.2) is 53.7 Å². The minimum absolute atomic E-state index is 0.0260. The van der Waals surface area contributed by atoms with Crippen molar-refractivity contribution in [1.82, 2.24) is 0 Å². The number of nitroso groups, excluding NO2 is 1. The lowest BCUT2D eigenvalue weighted by atomic mass is 10.0. The summed E-state index contributed by atoms with van der Waals surface area (Å²) in [6, 6.07) is 12.2. The second-order valence-electron chi connectivity index (χ2n) is 4.59. The molecule has 0 aliphatic rings. The Hall–Kier alpha value is -2.95. The number of hydrogen-bond acceptors (Lipinski definition) is 5. The Bertz CT molecular complexity index is 708. The van der Waals surface area contributed by atoms with Gasteiger partial charge in [0.15, 0.2) is 0 Å². The summed E-state index contributed by atoms with van der Waals surface area (Å²) in [5.74, 6) is -0.790. The zero-order valence-electron chi connectivity index (χ0n) is 12.0. The number of allylic oxidation sites excluding steroid dienone is 1. The number of hydrogen-bond donors (Lipinski definition) is 1. The first-order chi connectivity index (χ1) is 10.7. The van der Waals surface area contributed by atoms with Crippen molar-refractivity contribution in [3.05, 3.63) is 70.1 Å². The van der Waals surface area contributed by atoms with Crippen molar-refractivity contribution in [3.8, 4) is 5.75 Å². The molecule has 0 fully saturated rings. The molecule has 2 aromatic rings. The van der Waals surface area contributed by atoms with Crippen LogP contribution in [0.3, 0.4) is 0 Å². The minimum atomic E-state index is -0.633. The second kappa shape index (κ2) is 7.17. The predicted molar refractivity (Wildman–Crippen MR) is 84.1 cm³/mol. The number of carbonyl (C=O) groups is 1. The SMILES string of the molecule is COC(=O)c1cc(O)c(C/C=C/c2ccccc2)c(N=O)c1. The van der Waals surface area contributed by atoms with Crippen LogP contribution in [-0.4, -0.2) is 18.2 Å². The lowest BCUT2D eigenvalue weighted by Gasteiger charge is -2.07. The fraction of sp³-hybridized carbons (Fsp3) is 0.118. The number of rotatable bonds is 5. The van der Waals surface area contributed by atoms with Gasteiger partial charge in [0.1, 0.15) is 11.4 Å². The number of nitrogens with zero attached hydrogens (tertiary/aromatic N) is 1. The smallest absolute Gasteiger partial charge is 0.338 e. The van der Waals surface area contributed by atoms with Gasteiger partial charge in [0.2, 0.25) is 0 Å². The number of phenols is 1. The van der Waals surface area contributed by atoms with Crippen molar-refractivity contribution >= 4 is 17.7 Å². The van der Waals surface area contributed by atoms with E-state index in [4.69, 9.17) is 0 Å². The van der Waals surface area contributed by atoms with Crippen LogP contribution in [-0.2, 0) is 11.2 Å². The topological polar surface area (TPSA) is 76.0 Å². The summed E-state index contributed by atoms with van der Waals surface area (Å²) in [5, 5.41) is 12.9. The highest BCUT2D eigenvalue weighted by Crippen LogP contribution is 2.31. The molecule has 0 aromatic heterocycles. The molecule has 2 rings (SSSR count). The highest BCUT2D eigenvalue weighted by Gasteiger charge is 2.14. The molecule has 22 heavy (non-hydrogen) atoms. The van der Waals surface area contributed by atoms with Crippen LogP contribution in [0, 0.1) is 4.91 Å². The molecule has 0 heterocycles. The fourth-order valence-electron chi connectivity index (χ4n) is 2.05. The van der Waals surface area contributed by atoms with E-state index < -0.39 is 5.97 Å². The van der Waals surface area contributed by atoms with Gasteiger partial charge >= 0.3 is 5.97 Å². The highest BCUT2D eigenvalue weighted by atomic mass is 16.5. The van der Waals surface area contributed by atoms with Gasteiger partial charge in [-0.3, -0.25) is 0 Å². The maximum absolute atomic E-state index is 11.5. The van der Waals surface area contributed by atoms with E-state index in [2.05, 4.69) is 9.91 Å². The van der Waals surface area contributed by atoms with Gasteiger partial charge in [0.05, 0.1) is 12.7 Å². The van der Waals surface area contributed by atoms with Crippen LogP contribution in [0.4, 0.5) is 5.69 Å². The van der Waals surface area contributed by atoms with E-state index in [-0.39, 0.29) is 17.0 Å². The molecular weight excluding hydrogens is 282 g/mol. The first-order valence-corrected chi connectivity index (χ1v) is 6.65. The number of aromatic hydroxyl groups is 1. The molecule has 2 aromatic carbocycles. The summed E-state index contributed by atoms with van der Waals surface area (Å²) in [7, 11) is 1.23. The molecule has 5 heteroatoms. The summed E-state index contributed by atoms with van der Waals surface area (Å²) >= 11 is 0. The molecule has 0 unspecified atom stereocenters. The van der Waals surface area contributed by atoms with Gasteiger partial charge in [0, 0.05) is 5.56 Å². The van der Waals surface area contributed by atoms with Crippen LogP contribution in [0.1, 0.15) is 21.5 Å². The van der Waals surface area contributed by atoms with Gasteiger partial charge in [-0.25, -0.2) is 4.79 Å². The Kier molecular flexibility index (Phi) is 5.03. The zero-order valence-corrected chi connectivity index (χ0v) is 12.0. The Morgan fingerprint density at radius 1 is 1.27 bits per heavy atom. The van der Waals surface area contributed by atoms with Crippen LogP contribution in [0.2, 0.25) is 0 Å². The minimum Gasteiger partial charge on any atom is -0.508 e. The standard InChI is InChI=1S/C17H15NO4/c1-22-17(20)13-10-15(18-21)14(16(19)11-13)9-5-8-12-6-3-2-4-7-12/h2-8,10-11,19H,9H2,1H3/b8-5+. The van der Waals surface area contributed by atoms with Crippen LogP contribution < -0.4 is 0 Å². The summed E-state index contributed by atoms with van der Waals surface area (Å²) in [4.78, 5) is 22.4. The van der Waals surface area contributed by atoms with Crippen molar-refractivity contribution < 1.29 is 14.6 Å². The molecule has 0 atom stereocenters. The van der Waals surface area contributed by atoms with Gasteiger partial charge < -0.3 is 9.84 Å². The average Bonchev–Trinajstić information content (AvgIpc) is 2.56. The lowest BCUT2D eigenvalue weighted by Crippen LogP contribution is -2.01. The largest absolute Gasteiger partial charge is 0.508 e. The van der Waals surface area contributed by atoms with Gasteiger partial charge in [0.25, 0.3) is 0 Å². The average molecular weight is 297 g/mol. The van der Waals surface area contributed by atoms with Gasteiger partial charge in [-0.15, -0.1) is 4.91 Å². The summed E-state index contributed by atoms with van der Waals surface area (Å²) < 4.78 is 4.56. The Balaban J connectivity index is 2.25. The lowest BCUT2D eigenvalue weighted by molar-refractivity contribution is 0.0600. The third kappa shape index (κ3) is 3.58. The van der Waals surface area contributed by atoms with Crippen molar-refractivity contribution in [1.29, 1.82) is 0 Å². The zero-order chi connectivity index (χ0) is 15.9. The Morgan fingerprint density at radius 3 is 2.64 bits per heavy atom. The van der Waals surface area contributed by atoms with E-state index in [9.17, 15) is 14.8 Å². The highest BCUT2D eigenvalue weighted by molar-refractivity contribution is 5.91. The van der Waals surface area contributed by atoms with Gasteiger partial charge in [-0.05, 0) is 29.3 Å². The van der Waals surface area contributed by atoms with Crippen LogP contribution in [0.25, 0.3) is 6.08 Å². The maximum atomic E-state index is 11.5. The first-order valence-electron chi connectivity index (χ1n) is 6.65. The quantitative estimate of drug-likeness (QED) is 0.672. The number of carbonyl (C=O) groups excluding carboxylic acids is 1. The normalized spacial score (nSPS) is 10.6. The molecule has 0 amide bonds. The molecule has 0 aliphatic heterocycles. The maximum Gasteiger partial charge on any atom is 0.338 e. The van der Waals surface area contributed by atoms with E-state index in [1.165, 1.54) is 19.2 Å². The molecule has 0 aliphatic carbocycles. The predicted octanol–water partition coefficient (Wildman–Crippen LogP) is 3.83. The van der Waals surface area contributed by atoms with E-state index in [1.807, 2.05) is 42.5 Å². The Labute approximate surface area is 127 Å². The third-order valence-electron chi connectivity index (χ3n) is 3.15. The number of ether oxygens (including phenoxy) is 1. The molecule has 112 valence electrons. The molecule has 0 saturated heterocycles. The van der Waals surface area contributed by atoms with E-state index in [1.54, 1.807) is 0 Å². The van der Waals surface area contributed by atoms with Crippen molar-refractivity contribution in [2.75, 3.05) is 7.11 Å². The number of esters is 1. The fourth-order valence-corrected chi connectivity index (χ4v) is 2.05. The Morgan fingerprint density at radius 2 is 2.00 bits per heavy atom. The van der Waals surface area contributed by atoms with Crippen molar-refractivity contribution in [3.63, 3.8) is 0 Å². The van der Waals surface area contributed by atoms with Crippen LogP contribution >= 0.6 is 0 Å². The molecule has 0 saturated carbocycles. The van der Waals surface area contributed by atoms with Crippen LogP contribution in [0.5, 0.6) is 5.75 Å². The summed E-state index contributed by atoms with van der Waals surface area (Å²) in [6.45, 7) is 0. The van der Waals surface area contributed by atoms with E-state index in [0.717, 1.165) is 5.56 Å². The summed E-state index contributed by atoms with van der Waals surface area (Å²) in [5.41, 5.74) is 1.49. The monoisotopic (exact) mass is 297 g/mol. The number of phenolic OH excluding ortho intramolecular Hbond substituents is 1. The summed E-state index contributed by atoms with van der Waals surface area (Å²) in [6.07, 6.45) is 4.02.